The third kappa shape index (κ3) is 4.17. The van der Waals surface area contributed by atoms with Crippen molar-refractivity contribution in [3.8, 4) is 38.6 Å². The van der Waals surface area contributed by atoms with E-state index >= 15 is 0 Å². The summed E-state index contributed by atoms with van der Waals surface area (Å²) < 4.78 is 4.60. The minimum atomic E-state index is 0.0293. The van der Waals surface area contributed by atoms with E-state index in [0.717, 1.165) is 35.5 Å². The lowest BCUT2D eigenvalue weighted by molar-refractivity contribution is -0.761. The van der Waals surface area contributed by atoms with Gasteiger partial charge in [-0.3, -0.25) is 0 Å². The monoisotopic (exact) mass is 641 g/mol. The largest absolute Gasteiger partial charge is 0.222 e. The van der Waals surface area contributed by atoms with Crippen molar-refractivity contribution in [2.24, 2.45) is 0 Å². The summed E-state index contributed by atoms with van der Waals surface area (Å²) in [7, 11) is 0. The Morgan fingerprint density at radius 3 is 2.04 bits per heavy atom. The second-order valence-corrected chi connectivity index (χ2v) is 14.1. The summed E-state index contributed by atoms with van der Waals surface area (Å²) in [5.41, 5.74) is 7.14. The van der Waals surface area contributed by atoms with Crippen LogP contribution in [0.4, 0.5) is 0 Å². The highest BCUT2D eigenvalue weighted by molar-refractivity contribution is 7.15. The lowest BCUT2D eigenvalue weighted by atomic mass is 9.72. The fraction of sp³-hybridized carbons (Fsp3) is 0.186. The van der Waals surface area contributed by atoms with Gasteiger partial charge in [0.15, 0.2) is 11.7 Å². The molecular formula is C43H37N4S+. The van der Waals surface area contributed by atoms with Gasteiger partial charge < -0.3 is 0 Å². The van der Waals surface area contributed by atoms with Crippen LogP contribution in [-0.4, -0.2) is 15.0 Å². The van der Waals surface area contributed by atoms with Gasteiger partial charge in [-0.15, -0.1) is 16.4 Å². The van der Waals surface area contributed by atoms with Crippen LogP contribution in [-0.2, 0) is 5.54 Å². The molecule has 5 heteroatoms. The Morgan fingerprint density at radius 2 is 1.29 bits per heavy atom. The van der Waals surface area contributed by atoms with Crippen molar-refractivity contribution in [3.63, 3.8) is 0 Å². The fourth-order valence-electron chi connectivity index (χ4n) is 8.58. The molecule has 0 aliphatic carbocycles. The van der Waals surface area contributed by atoms with Crippen LogP contribution in [0.3, 0.4) is 0 Å². The molecule has 0 saturated heterocycles. The van der Waals surface area contributed by atoms with E-state index in [9.17, 15) is 0 Å². The van der Waals surface area contributed by atoms with Gasteiger partial charge in [0.25, 0.3) is 0 Å². The van der Waals surface area contributed by atoms with Crippen molar-refractivity contribution in [2.45, 2.75) is 51.5 Å². The molecule has 0 radical (unpaired) electrons. The van der Waals surface area contributed by atoms with Crippen molar-refractivity contribution < 1.29 is 4.57 Å². The normalized spacial score (nSPS) is 15.2. The highest BCUT2D eigenvalue weighted by Gasteiger charge is 2.52. The van der Waals surface area contributed by atoms with Crippen molar-refractivity contribution in [3.05, 3.63) is 133 Å². The molecule has 0 amide bonds. The first-order valence-corrected chi connectivity index (χ1v) is 18.0. The maximum absolute atomic E-state index is 4.78. The second kappa shape index (κ2) is 11.2. The predicted octanol–water partition coefficient (Wildman–Crippen LogP) is 11.1. The van der Waals surface area contributed by atoms with E-state index in [4.69, 9.17) is 10.3 Å². The van der Waals surface area contributed by atoms with Crippen molar-refractivity contribution in [1.82, 2.24) is 15.0 Å². The van der Waals surface area contributed by atoms with E-state index in [0.29, 0.717) is 5.92 Å². The minimum Gasteiger partial charge on any atom is -0.210 e. The molecule has 0 bridgehead atoms. The van der Waals surface area contributed by atoms with Gasteiger partial charge in [-0.1, -0.05) is 123 Å². The number of pyridine rings is 1. The lowest BCUT2D eigenvalue weighted by Gasteiger charge is -2.38. The average Bonchev–Trinajstić information content (AvgIpc) is 3.82. The first-order chi connectivity index (χ1) is 23.6. The van der Waals surface area contributed by atoms with Crippen LogP contribution in [0.5, 0.6) is 0 Å². The van der Waals surface area contributed by atoms with Crippen molar-refractivity contribution in [1.29, 1.82) is 0 Å². The highest BCUT2D eigenvalue weighted by Crippen LogP contribution is 2.52. The fourth-order valence-corrected chi connectivity index (χ4v) is 9.96. The Labute approximate surface area is 284 Å². The van der Waals surface area contributed by atoms with E-state index in [1.165, 1.54) is 59.6 Å². The molecule has 0 spiro atoms. The number of nitrogens with zero attached hydrogens (tertiary/aromatic N) is 4. The number of benzene rings is 5. The molecule has 0 fully saturated rings. The third-order valence-corrected chi connectivity index (χ3v) is 12.2. The quantitative estimate of drug-likeness (QED) is 0.169. The zero-order chi connectivity index (χ0) is 32.4. The van der Waals surface area contributed by atoms with E-state index < -0.39 is 0 Å². The molecule has 8 aromatic rings. The standard InChI is InChI=1S/C43H37N4S/c1-4-38-42-37(41-31-18-10-8-15-29(31)24-25-46(41)43(38,5-2)6-3)26-40(48-42)47-27-39(44-45-47)36-23-22-35(33-19-11-12-20-34(33)36)32-21-13-16-28-14-7-9-17-30(28)32/h7-27,38H,4-6H2,1-3H3/q+1. The Morgan fingerprint density at radius 1 is 0.667 bits per heavy atom. The summed E-state index contributed by atoms with van der Waals surface area (Å²) in [6.45, 7) is 7.06. The number of thiophene rings is 1. The van der Waals surface area contributed by atoms with Gasteiger partial charge >= 0.3 is 0 Å². The molecule has 1 atom stereocenters. The third-order valence-electron chi connectivity index (χ3n) is 10.9. The number of fused-ring (bicyclic) bond motifs is 7. The summed E-state index contributed by atoms with van der Waals surface area (Å²) in [5.74, 6) is 0.424. The van der Waals surface area contributed by atoms with E-state index in [2.05, 4.69) is 153 Å². The van der Waals surface area contributed by atoms with Gasteiger partial charge in [0.2, 0.25) is 5.69 Å². The molecule has 1 aliphatic rings. The van der Waals surface area contributed by atoms with E-state index in [-0.39, 0.29) is 5.54 Å². The summed E-state index contributed by atoms with van der Waals surface area (Å²) in [6, 6.07) is 41.8. The second-order valence-electron chi connectivity index (χ2n) is 13.0. The van der Waals surface area contributed by atoms with Gasteiger partial charge in [-0.25, -0.2) is 4.68 Å². The number of rotatable bonds is 6. The van der Waals surface area contributed by atoms with E-state index in [1.54, 1.807) is 0 Å². The van der Waals surface area contributed by atoms with Crippen LogP contribution in [0.2, 0.25) is 0 Å². The van der Waals surface area contributed by atoms with Crippen molar-refractivity contribution in [2.75, 3.05) is 0 Å². The SMILES string of the molecule is CCC1c2sc(-n3cc(-c4ccc(-c5cccc6ccccc56)c5ccccc45)nn3)cc2-c2c3ccccc3cc[n+]2C1(CC)CC. The molecule has 48 heavy (non-hydrogen) atoms. The van der Waals surface area contributed by atoms with Gasteiger partial charge in [0.1, 0.15) is 10.7 Å². The number of hydrogen-bond donors (Lipinski definition) is 0. The number of aromatic nitrogens is 4. The summed E-state index contributed by atoms with van der Waals surface area (Å²) in [5, 5.41) is 18.1. The molecule has 234 valence electrons. The first kappa shape index (κ1) is 29.0. The van der Waals surface area contributed by atoms with Crippen LogP contribution in [0, 0.1) is 0 Å². The first-order valence-electron chi connectivity index (χ1n) is 17.2. The summed E-state index contributed by atoms with van der Waals surface area (Å²) in [4.78, 5) is 1.47. The van der Waals surface area contributed by atoms with Gasteiger partial charge in [-0.05, 0) is 56.6 Å². The molecule has 3 aromatic heterocycles. The summed E-state index contributed by atoms with van der Waals surface area (Å²) >= 11 is 1.89. The zero-order valence-corrected chi connectivity index (χ0v) is 28.3. The molecule has 0 saturated carbocycles. The van der Waals surface area contributed by atoms with Crippen LogP contribution in [0.1, 0.15) is 50.8 Å². The number of hydrogen-bond acceptors (Lipinski definition) is 3. The smallest absolute Gasteiger partial charge is 0.210 e. The van der Waals surface area contributed by atoms with Crippen LogP contribution >= 0.6 is 11.3 Å². The van der Waals surface area contributed by atoms with Crippen molar-refractivity contribution >= 4 is 43.7 Å². The molecule has 5 aromatic carbocycles. The van der Waals surface area contributed by atoms with E-state index in [1.807, 2.05) is 16.0 Å². The minimum absolute atomic E-state index is 0.0293. The molecular weight excluding hydrogens is 605 g/mol. The Bertz CT molecular complexity index is 2490. The highest BCUT2D eigenvalue weighted by atomic mass is 32.1. The molecule has 1 aliphatic heterocycles. The maximum atomic E-state index is 4.78. The summed E-state index contributed by atoms with van der Waals surface area (Å²) in [6.07, 6.45) is 7.71. The topological polar surface area (TPSA) is 34.6 Å². The molecule has 0 N–H and O–H groups in total. The van der Waals surface area contributed by atoms with Gasteiger partial charge in [0.05, 0.1) is 23.1 Å². The Balaban J connectivity index is 1.18. The van der Waals surface area contributed by atoms with Crippen LogP contribution in [0.15, 0.2) is 128 Å². The lowest BCUT2D eigenvalue weighted by Crippen LogP contribution is -2.61. The molecule has 9 rings (SSSR count). The zero-order valence-electron chi connectivity index (χ0n) is 27.5. The van der Waals surface area contributed by atoms with Gasteiger partial charge in [0, 0.05) is 29.3 Å². The van der Waals surface area contributed by atoms with Crippen LogP contribution < -0.4 is 4.57 Å². The van der Waals surface area contributed by atoms with Crippen LogP contribution in [0.25, 0.3) is 71.0 Å². The maximum Gasteiger partial charge on any atom is 0.222 e. The molecule has 1 unspecified atom stereocenters. The molecule has 4 heterocycles. The molecule has 4 nitrogen and oxygen atoms in total. The Hall–Kier alpha value is -5.13. The average molecular weight is 642 g/mol. The predicted molar refractivity (Wildman–Crippen MR) is 200 cm³/mol. The van der Waals surface area contributed by atoms with Gasteiger partial charge in [-0.2, -0.15) is 4.57 Å². The Kier molecular flexibility index (Phi) is 6.80.